The Balaban J connectivity index is 3.27. The molecule has 0 aromatic heterocycles. The summed E-state index contributed by atoms with van der Waals surface area (Å²) in [5, 5.41) is 3.72. The van der Waals surface area contributed by atoms with Crippen molar-refractivity contribution in [1.29, 1.82) is 0 Å². The van der Waals surface area contributed by atoms with Crippen LogP contribution in [0.4, 0.5) is 4.79 Å². The lowest BCUT2D eigenvalue weighted by Gasteiger charge is -2.17. The van der Waals surface area contributed by atoms with Crippen LogP contribution in [0.15, 0.2) is 34.3 Å². The lowest BCUT2D eigenvalue weighted by Crippen LogP contribution is -2.34. The Kier molecular flexibility index (Phi) is 6.36. The highest BCUT2D eigenvalue weighted by Crippen LogP contribution is 2.18. The molecule has 0 saturated heterocycles. The van der Waals surface area contributed by atoms with Crippen LogP contribution in [-0.2, 0) is 19.5 Å². The fourth-order valence-electron chi connectivity index (χ4n) is 1.55. The van der Waals surface area contributed by atoms with Gasteiger partial charge in [-0.25, -0.2) is 4.79 Å². The SMILES string of the molecule is CCOC(=O)N(/N=C(/C)OCC)S(=O)(=O)c1ccc(C)cc1. The van der Waals surface area contributed by atoms with Crippen LogP contribution >= 0.6 is 0 Å². The zero-order valence-electron chi connectivity index (χ0n) is 13.1. The van der Waals surface area contributed by atoms with E-state index in [0.717, 1.165) is 5.56 Å². The zero-order chi connectivity index (χ0) is 16.8. The van der Waals surface area contributed by atoms with E-state index in [9.17, 15) is 13.2 Å². The number of aryl methyl sites for hydroxylation is 1. The third kappa shape index (κ3) is 4.45. The molecular weight excluding hydrogens is 308 g/mol. The van der Waals surface area contributed by atoms with Gasteiger partial charge in [0.05, 0.1) is 18.1 Å². The minimum absolute atomic E-state index is 0.0297. The first-order valence-corrected chi connectivity index (χ1v) is 8.23. The fourth-order valence-corrected chi connectivity index (χ4v) is 2.70. The molecule has 1 aromatic rings. The summed E-state index contributed by atoms with van der Waals surface area (Å²) >= 11 is 0. The second kappa shape index (κ2) is 7.79. The van der Waals surface area contributed by atoms with Crippen LogP contribution in [0, 0.1) is 6.92 Å². The summed E-state index contributed by atoms with van der Waals surface area (Å²) in [5.74, 6) is 0.0474. The maximum Gasteiger partial charge on any atom is 0.445 e. The van der Waals surface area contributed by atoms with Crippen LogP contribution in [0.5, 0.6) is 0 Å². The van der Waals surface area contributed by atoms with E-state index in [0.29, 0.717) is 11.0 Å². The first kappa shape index (κ1) is 18.0. The van der Waals surface area contributed by atoms with Gasteiger partial charge in [-0.3, -0.25) is 0 Å². The Morgan fingerprint density at radius 1 is 1.14 bits per heavy atom. The number of ether oxygens (including phenoxy) is 2. The van der Waals surface area contributed by atoms with Crippen molar-refractivity contribution in [1.82, 2.24) is 4.41 Å². The van der Waals surface area contributed by atoms with Gasteiger partial charge in [-0.15, -0.1) is 5.10 Å². The summed E-state index contributed by atoms with van der Waals surface area (Å²) in [6.45, 7) is 6.92. The molecule has 0 saturated carbocycles. The van der Waals surface area contributed by atoms with Crippen molar-refractivity contribution in [2.24, 2.45) is 5.10 Å². The number of hydrogen-bond donors (Lipinski definition) is 0. The quantitative estimate of drug-likeness (QED) is 0.471. The maximum atomic E-state index is 12.6. The Morgan fingerprint density at radius 3 is 2.18 bits per heavy atom. The number of amides is 1. The van der Waals surface area contributed by atoms with Crippen molar-refractivity contribution in [3.8, 4) is 0 Å². The molecule has 8 heteroatoms. The third-order valence-electron chi connectivity index (χ3n) is 2.56. The smallest absolute Gasteiger partial charge is 0.445 e. The molecule has 0 atom stereocenters. The van der Waals surface area contributed by atoms with Crippen molar-refractivity contribution in [2.75, 3.05) is 13.2 Å². The summed E-state index contributed by atoms with van der Waals surface area (Å²) in [6.07, 6.45) is -1.08. The van der Waals surface area contributed by atoms with Crippen LogP contribution in [0.3, 0.4) is 0 Å². The number of sulfonamides is 1. The first-order valence-electron chi connectivity index (χ1n) is 6.79. The molecule has 1 rings (SSSR count). The normalized spacial score (nSPS) is 11.9. The molecule has 0 N–H and O–H groups in total. The Morgan fingerprint density at radius 2 is 1.68 bits per heavy atom. The minimum atomic E-state index is -4.16. The van der Waals surface area contributed by atoms with Crippen LogP contribution in [-0.4, -0.2) is 38.0 Å². The Hall–Kier alpha value is -2.09. The van der Waals surface area contributed by atoms with Gasteiger partial charge >= 0.3 is 6.09 Å². The lowest BCUT2D eigenvalue weighted by atomic mass is 10.2. The van der Waals surface area contributed by atoms with E-state index in [2.05, 4.69) is 5.10 Å². The lowest BCUT2D eigenvalue weighted by molar-refractivity contribution is 0.130. The average Bonchev–Trinajstić information content (AvgIpc) is 2.45. The Labute approximate surface area is 130 Å². The summed E-state index contributed by atoms with van der Waals surface area (Å²) in [7, 11) is -4.16. The van der Waals surface area contributed by atoms with Gasteiger partial charge in [0.15, 0.2) is 0 Å². The molecule has 0 heterocycles. The van der Waals surface area contributed by atoms with E-state index in [1.54, 1.807) is 26.0 Å². The molecule has 0 spiro atoms. The predicted octanol–water partition coefficient (Wildman–Crippen LogP) is 2.51. The average molecular weight is 328 g/mol. The number of nitrogens with zero attached hydrogens (tertiary/aromatic N) is 2. The number of hydrogen-bond acceptors (Lipinski definition) is 6. The maximum absolute atomic E-state index is 12.6. The van der Waals surface area contributed by atoms with Gasteiger partial charge in [-0.1, -0.05) is 22.1 Å². The molecule has 0 radical (unpaired) electrons. The van der Waals surface area contributed by atoms with Crippen molar-refractivity contribution >= 4 is 22.0 Å². The molecule has 0 unspecified atom stereocenters. The van der Waals surface area contributed by atoms with Crippen LogP contribution in [0.1, 0.15) is 26.3 Å². The first-order chi connectivity index (χ1) is 10.3. The van der Waals surface area contributed by atoms with Gasteiger partial charge in [0.1, 0.15) is 0 Å². The molecule has 1 aromatic carbocycles. The van der Waals surface area contributed by atoms with Crippen molar-refractivity contribution in [3.05, 3.63) is 29.8 Å². The van der Waals surface area contributed by atoms with Crippen LogP contribution < -0.4 is 0 Å². The summed E-state index contributed by atoms with van der Waals surface area (Å²) < 4.78 is 35.3. The number of carbonyl (C=O) groups is 1. The highest BCUT2D eigenvalue weighted by Gasteiger charge is 2.31. The van der Waals surface area contributed by atoms with Gasteiger partial charge in [-0.05, 0) is 32.9 Å². The standard InChI is InChI=1S/C14H20N2O5S/c1-5-20-12(4)15-16(14(17)21-6-2)22(18,19)13-9-7-11(3)8-10-13/h7-10H,5-6H2,1-4H3/b15-12-. The Bertz CT molecular complexity index is 638. The molecule has 0 fully saturated rings. The van der Waals surface area contributed by atoms with Crippen LogP contribution in [0.25, 0.3) is 0 Å². The van der Waals surface area contributed by atoms with Crippen molar-refractivity contribution in [2.45, 2.75) is 32.6 Å². The molecule has 0 bridgehead atoms. The monoisotopic (exact) mass is 328 g/mol. The number of carbonyl (C=O) groups excluding carboxylic acids is 1. The van der Waals surface area contributed by atoms with E-state index in [1.165, 1.54) is 19.1 Å². The number of benzene rings is 1. The van der Waals surface area contributed by atoms with Crippen molar-refractivity contribution < 1.29 is 22.7 Å². The fraction of sp³-hybridized carbons (Fsp3) is 0.429. The third-order valence-corrected chi connectivity index (χ3v) is 4.11. The molecule has 22 heavy (non-hydrogen) atoms. The van der Waals surface area contributed by atoms with E-state index in [1.807, 2.05) is 6.92 Å². The van der Waals surface area contributed by atoms with Gasteiger partial charge in [0.2, 0.25) is 5.90 Å². The molecule has 1 amide bonds. The molecular formula is C14H20N2O5S. The number of hydrazone groups is 1. The molecule has 0 aliphatic rings. The highest BCUT2D eigenvalue weighted by atomic mass is 32.2. The number of rotatable bonds is 5. The zero-order valence-corrected chi connectivity index (χ0v) is 13.9. The highest BCUT2D eigenvalue weighted by molar-refractivity contribution is 7.89. The molecule has 0 aliphatic carbocycles. The molecule has 0 aliphatic heterocycles. The van der Waals surface area contributed by atoms with E-state index >= 15 is 0 Å². The van der Waals surface area contributed by atoms with Crippen LogP contribution in [0.2, 0.25) is 0 Å². The molecule has 122 valence electrons. The van der Waals surface area contributed by atoms with E-state index < -0.39 is 16.1 Å². The van der Waals surface area contributed by atoms with Gasteiger partial charge in [-0.2, -0.15) is 8.42 Å². The summed E-state index contributed by atoms with van der Waals surface area (Å²) in [6, 6.07) is 6.08. The topological polar surface area (TPSA) is 85.3 Å². The minimum Gasteiger partial charge on any atom is -0.480 e. The van der Waals surface area contributed by atoms with Gasteiger partial charge < -0.3 is 9.47 Å². The van der Waals surface area contributed by atoms with Crippen molar-refractivity contribution in [3.63, 3.8) is 0 Å². The van der Waals surface area contributed by atoms with E-state index in [-0.39, 0.29) is 17.4 Å². The predicted molar refractivity (Wildman–Crippen MR) is 82.0 cm³/mol. The molecule has 7 nitrogen and oxygen atoms in total. The van der Waals surface area contributed by atoms with Gasteiger partial charge in [0, 0.05) is 6.92 Å². The second-order valence-corrected chi connectivity index (χ2v) is 6.08. The van der Waals surface area contributed by atoms with E-state index in [4.69, 9.17) is 9.47 Å². The second-order valence-electron chi connectivity index (χ2n) is 4.31. The van der Waals surface area contributed by atoms with Gasteiger partial charge in [0.25, 0.3) is 10.0 Å². The largest absolute Gasteiger partial charge is 0.480 e. The summed E-state index contributed by atoms with van der Waals surface area (Å²) in [4.78, 5) is 11.9. The summed E-state index contributed by atoms with van der Waals surface area (Å²) in [5.41, 5.74) is 0.899.